The third-order valence-electron chi connectivity index (χ3n) is 3.70. The summed E-state index contributed by atoms with van der Waals surface area (Å²) in [6.07, 6.45) is 0. The fourth-order valence-corrected chi connectivity index (χ4v) is 2.65. The summed E-state index contributed by atoms with van der Waals surface area (Å²) in [7, 11) is 2.87. The highest BCUT2D eigenvalue weighted by Gasteiger charge is 2.20. The monoisotopic (exact) mass is 332 g/mol. The predicted molar refractivity (Wildman–Crippen MR) is 86.0 cm³/mol. The normalized spacial score (nSPS) is 11.1. The zero-order valence-corrected chi connectivity index (χ0v) is 13.2. The van der Waals surface area contributed by atoms with Crippen LogP contribution in [0.15, 0.2) is 39.9 Å². The van der Waals surface area contributed by atoms with Gasteiger partial charge in [-0.3, -0.25) is 18.7 Å². The zero-order chi connectivity index (χ0) is 16.7. The van der Waals surface area contributed by atoms with E-state index in [1.54, 1.807) is 24.3 Å². The first-order valence-electron chi connectivity index (χ1n) is 6.82. The van der Waals surface area contributed by atoms with E-state index in [0.717, 1.165) is 4.57 Å². The van der Waals surface area contributed by atoms with Gasteiger partial charge >= 0.3 is 5.69 Å². The number of benzene rings is 1. The van der Waals surface area contributed by atoms with Gasteiger partial charge in [-0.2, -0.15) is 4.98 Å². The Hall–Kier alpha value is -2.67. The van der Waals surface area contributed by atoms with E-state index in [9.17, 15) is 14.4 Å². The van der Waals surface area contributed by atoms with Gasteiger partial charge in [0.1, 0.15) is 0 Å². The molecule has 0 spiro atoms. The minimum atomic E-state index is -0.539. The van der Waals surface area contributed by atoms with E-state index < -0.39 is 11.2 Å². The van der Waals surface area contributed by atoms with Crippen LogP contribution in [0.25, 0.3) is 11.2 Å². The van der Waals surface area contributed by atoms with E-state index in [1.807, 2.05) is 6.07 Å². The molecule has 7 nitrogen and oxygen atoms in total. The van der Waals surface area contributed by atoms with Crippen LogP contribution in [0.1, 0.15) is 10.4 Å². The number of ketones is 1. The van der Waals surface area contributed by atoms with Gasteiger partial charge in [0.25, 0.3) is 5.56 Å². The standard InChI is InChI=1S/C15H13ClN4O3/c1-18-12-11(13(22)19(2)15(18)23)20(14(16)17-12)8-10(21)9-6-4-3-5-7-9/h3-7H,8H2,1-2H3. The number of carbonyl (C=O) groups is 1. The summed E-state index contributed by atoms with van der Waals surface area (Å²) in [5.74, 6) is -0.206. The Morgan fingerprint density at radius 1 is 1.13 bits per heavy atom. The van der Waals surface area contributed by atoms with Crippen LogP contribution in [0.4, 0.5) is 0 Å². The summed E-state index contributed by atoms with van der Waals surface area (Å²) in [6.45, 7) is -0.132. The van der Waals surface area contributed by atoms with Crippen molar-refractivity contribution in [3.05, 3.63) is 62.0 Å². The molecule has 23 heavy (non-hydrogen) atoms. The second-order valence-corrected chi connectivity index (χ2v) is 5.47. The number of rotatable bonds is 3. The van der Waals surface area contributed by atoms with Crippen LogP contribution in [0.5, 0.6) is 0 Å². The summed E-state index contributed by atoms with van der Waals surface area (Å²) in [5.41, 5.74) is -0.249. The SMILES string of the molecule is Cn1c(=O)c2c(nc(Cl)n2CC(=O)c2ccccc2)n(C)c1=O. The van der Waals surface area contributed by atoms with Crippen LogP contribution in [0.2, 0.25) is 5.28 Å². The van der Waals surface area contributed by atoms with Crippen molar-refractivity contribution in [2.75, 3.05) is 0 Å². The van der Waals surface area contributed by atoms with Crippen LogP contribution in [-0.4, -0.2) is 24.5 Å². The van der Waals surface area contributed by atoms with E-state index in [-0.39, 0.29) is 28.8 Å². The molecule has 0 bridgehead atoms. The van der Waals surface area contributed by atoms with Gasteiger partial charge in [0.2, 0.25) is 5.28 Å². The zero-order valence-electron chi connectivity index (χ0n) is 12.5. The average molecular weight is 333 g/mol. The number of imidazole rings is 1. The molecule has 0 unspecified atom stereocenters. The van der Waals surface area contributed by atoms with Crippen LogP contribution in [-0.2, 0) is 20.6 Å². The number of hydrogen-bond donors (Lipinski definition) is 0. The van der Waals surface area contributed by atoms with Crippen molar-refractivity contribution in [1.29, 1.82) is 0 Å². The number of halogens is 1. The van der Waals surface area contributed by atoms with Gasteiger partial charge in [-0.25, -0.2) is 4.79 Å². The van der Waals surface area contributed by atoms with Crippen molar-refractivity contribution in [3.63, 3.8) is 0 Å². The molecule has 8 heteroatoms. The predicted octanol–water partition coefficient (Wildman–Crippen LogP) is 0.970. The van der Waals surface area contributed by atoms with Crippen molar-refractivity contribution in [1.82, 2.24) is 18.7 Å². The minimum absolute atomic E-state index is 0.0115. The Morgan fingerprint density at radius 2 is 1.78 bits per heavy atom. The molecule has 0 N–H and O–H groups in total. The molecule has 0 aliphatic heterocycles. The Labute approximate surface area is 135 Å². The van der Waals surface area contributed by atoms with Crippen molar-refractivity contribution >= 4 is 28.5 Å². The Morgan fingerprint density at radius 3 is 2.43 bits per heavy atom. The van der Waals surface area contributed by atoms with Crippen LogP contribution >= 0.6 is 11.6 Å². The molecular formula is C15H13ClN4O3. The van der Waals surface area contributed by atoms with Crippen molar-refractivity contribution in [2.24, 2.45) is 14.1 Å². The molecular weight excluding hydrogens is 320 g/mol. The molecule has 0 amide bonds. The molecule has 3 aromatic rings. The first-order chi connectivity index (χ1) is 10.9. The highest BCUT2D eigenvalue weighted by atomic mass is 35.5. The topological polar surface area (TPSA) is 78.9 Å². The minimum Gasteiger partial charge on any atom is -0.301 e. The lowest BCUT2D eigenvalue weighted by molar-refractivity contribution is 0.0973. The van der Waals surface area contributed by atoms with Gasteiger partial charge in [-0.15, -0.1) is 0 Å². The number of carbonyl (C=O) groups excluding carboxylic acids is 1. The molecule has 0 saturated heterocycles. The molecule has 0 aliphatic rings. The molecule has 0 fully saturated rings. The highest BCUT2D eigenvalue weighted by molar-refractivity contribution is 6.29. The maximum Gasteiger partial charge on any atom is 0.332 e. The van der Waals surface area contributed by atoms with E-state index >= 15 is 0 Å². The maximum absolute atomic E-state index is 12.4. The number of hydrogen-bond acceptors (Lipinski definition) is 4. The number of Topliss-reactive ketones (excluding diaryl/α,β-unsaturated/α-hetero) is 1. The van der Waals surface area contributed by atoms with Crippen molar-refractivity contribution in [3.8, 4) is 0 Å². The summed E-state index contributed by atoms with van der Waals surface area (Å²) < 4.78 is 3.52. The lowest BCUT2D eigenvalue weighted by Crippen LogP contribution is -2.37. The fraction of sp³-hybridized carbons (Fsp3) is 0.200. The number of nitrogens with zero attached hydrogens (tertiary/aromatic N) is 4. The molecule has 1 aromatic carbocycles. The Bertz CT molecular complexity index is 1030. The van der Waals surface area contributed by atoms with Crippen LogP contribution in [0.3, 0.4) is 0 Å². The first kappa shape index (κ1) is 15.2. The highest BCUT2D eigenvalue weighted by Crippen LogP contribution is 2.16. The third-order valence-corrected chi connectivity index (χ3v) is 3.99. The second kappa shape index (κ2) is 5.51. The van der Waals surface area contributed by atoms with E-state index in [0.29, 0.717) is 5.56 Å². The molecule has 2 heterocycles. The van der Waals surface area contributed by atoms with E-state index in [1.165, 1.54) is 23.2 Å². The molecule has 0 aliphatic carbocycles. The lowest BCUT2D eigenvalue weighted by Gasteiger charge is -2.07. The van der Waals surface area contributed by atoms with Gasteiger partial charge < -0.3 is 4.57 Å². The Balaban J connectivity index is 2.19. The third kappa shape index (κ3) is 2.39. The van der Waals surface area contributed by atoms with E-state index in [2.05, 4.69) is 4.98 Å². The number of aryl methyl sites for hydroxylation is 1. The van der Waals surface area contributed by atoms with Gasteiger partial charge in [-0.1, -0.05) is 30.3 Å². The van der Waals surface area contributed by atoms with E-state index in [4.69, 9.17) is 11.6 Å². The van der Waals surface area contributed by atoms with Gasteiger partial charge in [0.05, 0.1) is 6.54 Å². The maximum atomic E-state index is 12.4. The summed E-state index contributed by atoms with van der Waals surface area (Å²) >= 11 is 6.08. The molecule has 118 valence electrons. The number of fused-ring (bicyclic) bond motifs is 1. The van der Waals surface area contributed by atoms with Crippen molar-refractivity contribution < 1.29 is 4.79 Å². The van der Waals surface area contributed by atoms with Crippen LogP contribution < -0.4 is 11.2 Å². The largest absolute Gasteiger partial charge is 0.332 e. The lowest BCUT2D eigenvalue weighted by atomic mass is 10.1. The summed E-state index contributed by atoms with van der Waals surface area (Å²) in [4.78, 5) is 40.7. The second-order valence-electron chi connectivity index (χ2n) is 5.13. The summed E-state index contributed by atoms with van der Waals surface area (Å²) in [6, 6.07) is 8.68. The molecule has 0 atom stereocenters. The average Bonchev–Trinajstić information content (AvgIpc) is 2.88. The van der Waals surface area contributed by atoms with Gasteiger partial charge in [0, 0.05) is 19.7 Å². The number of aromatic nitrogens is 4. The quantitative estimate of drug-likeness (QED) is 0.529. The van der Waals surface area contributed by atoms with Gasteiger partial charge in [-0.05, 0) is 11.6 Å². The molecule has 2 aromatic heterocycles. The summed E-state index contributed by atoms with van der Waals surface area (Å²) in [5, 5.41) is -0.0115. The fourth-order valence-electron chi connectivity index (χ4n) is 2.42. The smallest absolute Gasteiger partial charge is 0.301 e. The van der Waals surface area contributed by atoms with Crippen LogP contribution in [0, 0.1) is 0 Å². The Kier molecular flexibility index (Phi) is 3.65. The van der Waals surface area contributed by atoms with Crippen molar-refractivity contribution in [2.45, 2.75) is 6.54 Å². The molecule has 0 saturated carbocycles. The molecule has 0 radical (unpaired) electrons. The molecule has 3 rings (SSSR count). The first-order valence-corrected chi connectivity index (χ1v) is 7.19. The van der Waals surface area contributed by atoms with Gasteiger partial charge in [0.15, 0.2) is 16.9 Å².